The van der Waals surface area contributed by atoms with E-state index in [1.165, 1.54) is 71.1 Å². The van der Waals surface area contributed by atoms with Crippen LogP contribution >= 0.6 is 0 Å². The van der Waals surface area contributed by atoms with E-state index in [9.17, 15) is 5.26 Å². The lowest BCUT2D eigenvalue weighted by molar-refractivity contribution is 0.0165. The predicted octanol–water partition coefficient (Wildman–Crippen LogP) is 2.63. The number of hydrogen-bond donors (Lipinski definition) is 0. The lowest BCUT2D eigenvalue weighted by atomic mass is 9.92. The minimum atomic E-state index is 0.289. The van der Waals surface area contributed by atoms with Crippen molar-refractivity contribution in [2.45, 2.75) is 63.5 Å². The van der Waals surface area contributed by atoms with Crippen LogP contribution in [0, 0.1) is 17.2 Å². The number of piperidine rings is 1. The van der Waals surface area contributed by atoms with Crippen molar-refractivity contribution in [1.82, 2.24) is 9.80 Å². The molecule has 2 saturated heterocycles. The van der Waals surface area contributed by atoms with E-state index in [2.05, 4.69) is 15.9 Å². The van der Waals surface area contributed by atoms with Crippen molar-refractivity contribution in [2.24, 2.45) is 5.92 Å². The molecule has 3 fully saturated rings. The predicted molar refractivity (Wildman–Crippen MR) is 76.8 cm³/mol. The van der Waals surface area contributed by atoms with E-state index in [0.717, 1.165) is 12.5 Å². The Balaban J connectivity index is 1.65. The van der Waals surface area contributed by atoms with Gasteiger partial charge >= 0.3 is 0 Å². The van der Waals surface area contributed by atoms with E-state index >= 15 is 0 Å². The molecule has 1 saturated carbocycles. The van der Waals surface area contributed by atoms with E-state index in [4.69, 9.17) is 0 Å². The van der Waals surface area contributed by atoms with Gasteiger partial charge in [-0.2, -0.15) is 5.26 Å². The minimum Gasteiger partial charge on any atom is -0.298 e. The Kier molecular flexibility index (Phi) is 4.40. The van der Waals surface area contributed by atoms with Gasteiger partial charge in [0.25, 0.3) is 0 Å². The smallest absolute Gasteiger partial charge is 0.0672 e. The van der Waals surface area contributed by atoms with Gasteiger partial charge in [0.05, 0.1) is 12.0 Å². The molecule has 0 aromatic heterocycles. The summed E-state index contributed by atoms with van der Waals surface area (Å²) in [5, 5.41) is 9.46. The van der Waals surface area contributed by atoms with Crippen LogP contribution < -0.4 is 0 Å². The van der Waals surface area contributed by atoms with Gasteiger partial charge in [0.1, 0.15) is 0 Å². The summed E-state index contributed by atoms with van der Waals surface area (Å²) >= 11 is 0. The molecule has 3 aliphatic rings. The monoisotopic (exact) mass is 261 g/mol. The second-order valence-electron chi connectivity index (χ2n) is 6.62. The number of rotatable bonds is 1. The minimum absolute atomic E-state index is 0.289. The molecule has 2 heterocycles. The number of piperazine rings is 1. The maximum absolute atomic E-state index is 9.46. The van der Waals surface area contributed by atoms with Gasteiger partial charge in [-0.05, 0) is 32.2 Å². The molecule has 106 valence electrons. The zero-order chi connectivity index (χ0) is 13.1. The second-order valence-corrected chi connectivity index (χ2v) is 6.62. The molecule has 19 heavy (non-hydrogen) atoms. The van der Waals surface area contributed by atoms with Crippen LogP contribution in [0.2, 0.25) is 0 Å². The average molecular weight is 261 g/mol. The summed E-state index contributed by atoms with van der Waals surface area (Å²) < 4.78 is 0. The van der Waals surface area contributed by atoms with Gasteiger partial charge in [-0.25, -0.2) is 0 Å². The first-order chi connectivity index (χ1) is 9.38. The first kappa shape index (κ1) is 13.4. The quantitative estimate of drug-likeness (QED) is 0.680. The summed E-state index contributed by atoms with van der Waals surface area (Å²) in [5.41, 5.74) is 0. The highest BCUT2D eigenvalue weighted by molar-refractivity contribution is 4.97. The van der Waals surface area contributed by atoms with Crippen molar-refractivity contribution < 1.29 is 0 Å². The van der Waals surface area contributed by atoms with Crippen molar-refractivity contribution in [3.63, 3.8) is 0 Å². The molecular formula is C16H27N3. The summed E-state index contributed by atoms with van der Waals surface area (Å²) in [6.07, 6.45) is 10.5. The van der Waals surface area contributed by atoms with Crippen LogP contribution in [-0.4, -0.2) is 48.1 Å². The van der Waals surface area contributed by atoms with E-state index in [-0.39, 0.29) is 5.92 Å². The topological polar surface area (TPSA) is 30.3 Å². The molecule has 2 aliphatic heterocycles. The Morgan fingerprint density at radius 3 is 2.47 bits per heavy atom. The Morgan fingerprint density at radius 2 is 1.58 bits per heavy atom. The van der Waals surface area contributed by atoms with E-state index < -0.39 is 0 Å². The molecule has 3 unspecified atom stereocenters. The van der Waals surface area contributed by atoms with Gasteiger partial charge in [0.15, 0.2) is 0 Å². The second kappa shape index (κ2) is 6.24. The van der Waals surface area contributed by atoms with Crippen LogP contribution in [0.4, 0.5) is 0 Å². The number of nitrogens with zero attached hydrogens (tertiary/aromatic N) is 3. The van der Waals surface area contributed by atoms with Crippen molar-refractivity contribution in [3.05, 3.63) is 0 Å². The molecule has 1 aliphatic carbocycles. The Hall–Kier alpha value is -0.590. The van der Waals surface area contributed by atoms with Crippen LogP contribution in [-0.2, 0) is 0 Å². The maximum atomic E-state index is 9.46. The summed E-state index contributed by atoms with van der Waals surface area (Å²) in [6.45, 7) is 4.96. The highest BCUT2D eigenvalue weighted by atomic mass is 15.3. The van der Waals surface area contributed by atoms with Crippen molar-refractivity contribution >= 4 is 0 Å². The SMILES string of the molecule is N#CC1CCCCCC1N1CCN2CCCCC2C1. The van der Waals surface area contributed by atoms with Crippen LogP contribution in [0.1, 0.15) is 51.4 Å². The van der Waals surface area contributed by atoms with Crippen LogP contribution in [0.25, 0.3) is 0 Å². The average Bonchev–Trinajstić information content (AvgIpc) is 2.72. The fourth-order valence-corrected chi connectivity index (χ4v) is 4.36. The van der Waals surface area contributed by atoms with Gasteiger partial charge in [-0.1, -0.05) is 25.7 Å². The number of fused-ring (bicyclic) bond motifs is 1. The molecule has 0 spiro atoms. The lowest BCUT2D eigenvalue weighted by Crippen LogP contribution is -2.58. The molecule has 0 amide bonds. The number of nitriles is 1. The largest absolute Gasteiger partial charge is 0.298 e. The van der Waals surface area contributed by atoms with E-state index in [0.29, 0.717) is 6.04 Å². The normalized spacial score (nSPS) is 38.2. The highest BCUT2D eigenvalue weighted by Gasteiger charge is 2.35. The summed E-state index contributed by atoms with van der Waals surface area (Å²) in [6, 6.07) is 3.94. The first-order valence-corrected chi connectivity index (χ1v) is 8.26. The Morgan fingerprint density at radius 1 is 0.789 bits per heavy atom. The molecule has 0 bridgehead atoms. The van der Waals surface area contributed by atoms with Crippen molar-refractivity contribution in [2.75, 3.05) is 26.2 Å². The molecule has 3 rings (SSSR count). The standard InChI is InChI=1S/C16H27N3/c17-12-14-6-2-1-3-8-16(14)19-11-10-18-9-5-4-7-15(18)13-19/h14-16H,1-11,13H2. The van der Waals surface area contributed by atoms with Gasteiger partial charge in [0, 0.05) is 31.7 Å². The highest BCUT2D eigenvalue weighted by Crippen LogP contribution is 2.30. The molecule has 3 atom stereocenters. The fraction of sp³-hybridized carbons (Fsp3) is 0.938. The third kappa shape index (κ3) is 2.95. The summed E-state index contributed by atoms with van der Waals surface area (Å²) in [7, 11) is 0. The van der Waals surface area contributed by atoms with Crippen LogP contribution in [0.5, 0.6) is 0 Å². The van der Waals surface area contributed by atoms with Gasteiger partial charge in [-0.3, -0.25) is 9.80 Å². The Labute approximate surface area is 117 Å². The van der Waals surface area contributed by atoms with Crippen LogP contribution in [0.3, 0.4) is 0 Å². The van der Waals surface area contributed by atoms with Gasteiger partial charge in [-0.15, -0.1) is 0 Å². The molecule has 3 nitrogen and oxygen atoms in total. The van der Waals surface area contributed by atoms with E-state index in [1.54, 1.807) is 0 Å². The lowest BCUT2D eigenvalue weighted by Gasteiger charge is -2.47. The fourth-order valence-electron chi connectivity index (χ4n) is 4.36. The van der Waals surface area contributed by atoms with Crippen molar-refractivity contribution in [3.8, 4) is 6.07 Å². The van der Waals surface area contributed by atoms with Gasteiger partial charge in [0.2, 0.25) is 0 Å². The zero-order valence-electron chi connectivity index (χ0n) is 12.1. The van der Waals surface area contributed by atoms with Crippen LogP contribution in [0.15, 0.2) is 0 Å². The maximum Gasteiger partial charge on any atom is 0.0672 e. The van der Waals surface area contributed by atoms with Crippen molar-refractivity contribution in [1.29, 1.82) is 5.26 Å². The molecule has 0 radical (unpaired) electrons. The summed E-state index contributed by atoms with van der Waals surface area (Å²) in [5.74, 6) is 0.289. The van der Waals surface area contributed by atoms with E-state index in [1.807, 2.05) is 0 Å². The third-order valence-corrected chi connectivity index (χ3v) is 5.48. The molecule has 0 aromatic rings. The first-order valence-electron chi connectivity index (χ1n) is 8.26. The van der Waals surface area contributed by atoms with Gasteiger partial charge < -0.3 is 0 Å². The summed E-state index contributed by atoms with van der Waals surface area (Å²) in [4.78, 5) is 5.36. The molecule has 0 aromatic carbocycles. The Bertz CT molecular complexity index is 335. The zero-order valence-corrected chi connectivity index (χ0v) is 12.1. The number of hydrogen-bond acceptors (Lipinski definition) is 3. The molecular weight excluding hydrogens is 234 g/mol. The molecule has 3 heteroatoms. The molecule has 0 N–H and O–H groups in total. The third-order valence-electron chi connectivity index (χ3n) is 5.48.